The molecule has 0 unspecified atom stereocenters. The van der Waals surface area contributed by atoms with Gasteiger partial charge in [0, 0.05) is 36.9 Å². The van der Waals surface area contributed by atoms with Crippen LogP contribution in [0.2, 0.25) is 0 Å². The Balaban J connectivity index is 1.02. The van der Waals surface area contributed by atoms with Crippen molar-refractivity contribution in [1.82, 2.24) is 9.97 Å². The van der Waals surface area contributed by atoms with Crippen LogP contribution in [0.3, 0.4) is 0 Å². The number of benzene rings is 7. The zero-order valence-corrected chi connectivity index (χ0v) is 29.9. The topological polar surface area (TPSA) is 25.8 Å². The third-order valence-corrected chi connectivity index (χ3v) is 11.6. The minimum absolute atomic E-state index is 0.721. The molecule has 2 nitrogen and oxygen atoms in total. The van der Waals surface area contributed by atoms with Crippen LogP contribution in [0.4, 0.5) is 0 Å². The molecule has 1 aliphatic carbocycles. The van der Waals surface area contributed by atoms with Crippen molar-refractivity contribution in [2.24, 2.45) is 0 Å². The van der Waals surface area contributed by atoms with Gasteiger partial charge in [-0.15, -0.1) is 11.3 Å². The van der Waals surface area contributed by atoms with Crippen molar-refractivity contribution >= 4 is 47.9 Å². The SMILES string of the molecule is C1=CCCC(c2ccc(-c3cc(-c4cccc(-c5cccc(-c6ccc7sc8c9ccccc9ccc8c7c6)c5)c4)nc(-c4ccccc4)n3)cc2)=C1. The lowest BCUT2D eigenvalue weighted by molar-refractivity contribution is 1.05. The molecule has 2 heterocycles. The van der Waals surface area contributed by atoms with Crippen LogP contribution in [0.5, 0.6) is 0 Å². The van der Waals surface area contributed by atoms with Crippen molar-refractivity contribution in [3.8, 4) is 56.2 Å². The Hall–Kier alpha value is -6.42. The molecule has 0 atom stereocenters. The minimum Gasteiger partial charge on any atom is -0.228 e. The Bertz CT molecular complexity index is 2880. The van der Waals surface area contributed by atoms with Crippen LogP contribution in [-0.2, 0) is 0 Å². The van der Waals surface area contributed by atoms with Crippen LogP contribution in [0.15, 0.2) is 182 Å². The largest absolute Gasteiger partial charge is 0.228 e. The molecule has 0 saturated carbocycles. The first kappa shape index (κ1) is 31.3. The van der Waals surface area contributed by atoms with Gasteiger partial charge < -0.3 is 0 Å². The van der Waals surface area contributed by atoms with Crippen molar-refractivity contribution < 1.29 is 0 Å². The molecule has 0 amide bonds. The summed E-state index contributed by atoms with van der Waals surface area (Å²) in [5.74, 6) is 0.721. The van der Waals surface area contributed by atoms with Gasteiger partial charge in [0.1, 0.15) is 0 Å². The Labute approximate surface area is 313 Å². The van der Waals surface area contributed by atoms with Crippen LogP contribution in [-0.4, -0.2) is 9.97 Å². The average Bonchev–Trinajstić information content (AvgIpc) is 3.63. The summed E-state index contributed by atoms with van der Waals surface area (Å²) in [5, 5.41) is 5.25. The highest BCUT2D eigenvalue weighted by Crippen LogP contribution is 2.40. The van der Waals surface area contributed by atoms with Gasteiger partial charge >= 0.3 is 0 Å². The molecule has 0 aliphatic heterocycles. The molecule has 1 aliphatic rings. The van der Waals surface area contributed by atoms with E-state index < -0.39 is 0 Å². The summed E-state index contributed by atoms with van der Waals surface area (Å²) < 4.78 is 2.67. The fraction of sp³-hybridized carbons (Fsp3) is 0.0400. The minimum atomic E-state index is 0.721. The van der Waals surface area contributed by atoms with Gasteiger partial charge in [-0.05, 0) is 87.3 Å². The number of aromatic nitrogens is 2. The summed E-state index contributed by atoms with van der Waals surface area (Å²) in [4.78, 5) is 10.2. The lowest BCUT2D eigenvalue weighted by atomic mass is 9.95. The molecule has 53 heavy (non-hydrogen) atoms. The fourth-order valence-electron chi connectivity index (χ4n) is 7.58. The molecule has 9 aromatic rings. The van der Waals surface area contributed by atoms with Crippen molar-refractivity contribution in [3.05, 3.63) is 188 Å². The molecular weight excluding hydrogens is 661 g/mol. The lowest BCUT2D eigenvalue weighted by Crippen LogP contribution is -1.96. The molecule has 7 aromatic carbocycles. The second-order valence-electron chi connectivity index (χ2n) is 13.7. The fourth-order valence-corrected chi connectivity index (χ4v) is 8.80. The standard InChI is InChI=1S/C50H34N2S/c1-3-11-33(12-4-1)34-21-23-36(24-22-34)46-32-47(52-50(51-46)37-14-5-2-6-15-37)42-19-10-18-40(30-42)38-16-9-17-39(29-38)41-26-28-48-45(31-41)44-27-25-35-13-7-8-20-43(35)49(44)53-48/h1-3,5-11,13-32H,4,12H2. The molecule has 0 fully saturated rings. The lowest BCUT2D eigenvalue weighted by Gasteiger charge is -2.12. The zero-order chi connectivity index (χ0) is 35.1. The highest BCUT2D eigenvalue weighted by molar-refractivity contribution is 7.26. The quantitative estimate of drug-likeness (QED) is 0.173. The van der Waals surface area contributed by atoms with Gasteiger partial charge in [0.05, 0.1) is 11.4 Å². The van der Waals surface area contributed by atoms with Gasteiger partial charge in [0.15, 0.2) is 5.82 Å². The first-order chi connectivity index (χ1) is 26.2. The highest BCUT2D eigenvalue weighted by Gasteiger charge is 2.14. The van der Waals surface area contributed by atoms with E-state index in [1.165, 1.54) is 58.8 Å². The number of hydrogen-bond donors (Lipinski definition) is 0. The second-order valence-corrected chi connectivity index (χ2v) is 14.8. The Kier molecular flexibility index (Phi) is 7.85. The second kappa shape index (κ2) is 13.3. The van der Waals surface area contributed by atoms with E-state index in [0.29, 0.717) is 0 Å². The van der Waals surface area contributed by atoms with E-state index in [2.05, 4.69) is 164 Å². The number of hydrogen-bond acceptors (Lipinski definition) is 3. The summed E-state index contributed by atoms with van der Waals surface area (Å²) in [7, 11) is 0. The van der Waals surface area contributed by atoms with E-state index in [1.54, 1.807) is 0 Å². The molecule has 0 radical (unpaired) electrons. The van der Waals surface area contributed by atoms with Crippen LogP contribution in [0.25, 0.3) is 92.7 Å². The van der Waals surface area contributed by atoms with E-state index in [0.717, 1.165) is 52.3 Å². The summed E-state index contributed by atoms with van der Waals surface area (Å²) in [6.45, 7) is 0. The van der Waals surface area contributed by atoms with Crippen molar-refractivity contribution in [1.29, 1.82) is 0 Å². The normalized spacial score (nSPS) is 12.8. The zero-order valence-electron chi connectivity index (χ0n) is 29.0. The van der Waals surface area contributed by atoms with E-state index in [-0.39, 0.29) is 0 Å². The Morgan fingerprint density at radius 2 is 1.08 bits per heavy atom. The van der Waals surface area contributed by atoms with E-state index in [4.69, 9.17) is 9.97 Å². The van der Waals surface area contributed by atoms with Gasteiger partial charge in [0.25, 0.3) is 0 Å². The number of thiophene rings is 1. The maximum Gasteiger partial charge on any atom is 0.160 e. The summed E-state index contributed by atoms with van der Waals surface area (Å²) in [6.07, 6.45) is 8.77. The van der Waals surface area contributed by atoms with Crippen LogP contribution in [0, 0.1) is 0 Å². The summed E-state index contributed by atoms with van der Waals surface area (Å²) in [5.41, 5.74) is 12.3. The molecule has 3 heteroatoms. The maximum absolute atomic E-state index is 5.13. The molecule has 0 saturated heterocycles. The summed E-state index contributed by atoms with van der Waals surface area (Å²) in [6, 6.07) is 59.0. The Morgan fingerprint density at radius 3 is 1.85 bits per heavy atom. The monoisotopic (exact) mass is 694 g/mol. The predicted molar refractivity (Wildman–Crippen MR) is 226 cm³/mol. The smallest absolute Gasteiger partial charge is 0.160 e. The van der Waals surface area contributed by atoms with Crippen LogP contribution < -0.4 is 0 Å². The molecule has 0 bridgehead atoms. The van der Waals surface area contributed by atoms with Crippen LogP contribution in [0.1, 0.15) is 18.4 Å². The van der Waals surface area contributed by atoms with Gasteiger partial charge in [-0.3, -0.25) is 0 Å². The average molecular weight is 695 g/mol. The Morgan fingerprint density at radius 1 is 0.434 bits per heavy atom. The number of fused-ring (bicyclic) bond motifs is 5. The number of rotatable bonds is 6. The number of nitrogens with zero attached hydrogens (tertiary/aromatic N) is 2. The molecule has 10 rings (SSSR count). The van der Waals surface area contributed by atoms with Gasteiger partial charge in [-0.25, -0.2) is 9.97 Å². The third-order valence-electron chi connectivity index (χ3n) is 10.4. The van der Waals surface area contributed by atoms with Gasteiger partial charge in [0.2, 0.25) is 0 Å². The first-order valence-electron chi connectivity index (χ1n) is 18.2. The van der Waals surface area contributed by atoms with Crippen molar-refractivity contribution in [2.45, 2.75) is 12.8 Å². The van der Waals surface area contributed by atoms with Crippen molar-refractivity contribution in [3.63, 3.8) is 0 Å². The first-order valence-corrected chi connectivity index (χ1v) is 19.0. The highest BCUT2D eigenvalue weighted by atomic mass is 32.1. The van der Waals surface area contributed by atoms with Gasteiger partial charge in [-0.2, -0.15) is 0 Å². The summed E-state index contributed by atoms with van der Waals surface area (Å²) >= 11 is 1.89. The third kappa shape index (κ3) is 5.95. The molecule has 250 valence electrons. The molecule has 0 spiro atoms. The van der Waals surface area contributed by atoms with Crippen molar-refractivity contribution in [2.75, 3.05) is 0 Å². The van der Waals surface area contributed by atoms with E-state index >= 15 is 0 Å². The molecule has 2 aromatic heterocycles. The van der Waals surface area contributed by atoms with Crippen LogP contribution >= 0.6 is 11.3 Å². The van der Waals surface area contributed by atoms with E-state index in [1.807, 2.05) is 29.5 Å². The number of allylic oxidation sites excluding steroid dienone is 4. The van der Waals surface area contributed by atoms with E-state index in [9.17, 15) is 0 Å². The molecular formula is C50H34N2S. The molecule has 0 N–H and O–H groups in total. The maximum atomic E-state index is 5.13. The van der Waals surface area contributed by atoms with Gasteiger partial charge in [-0.1, -0.05) is 152 Å². The predicted octanol–water partition coefficient (Wildman–Crippen LogP) is 14.1.